The Morgan fingerprint density at radius 2 is 0.806 bits per heavy atom. The fourth-order valence-electron chi connectivity index (χ4n) is 10.1. The first-order chi connectivity index (χ1) is 30.2. The average molecular weight is 800 g/mol. The molecule has 298 valence electrons. The van der Waals surface area contributed by atoms with Gasteiger partial charge in [-0.3, -0.25) is 0 Å². The first-order valence-electron chi connectivity index (χ1n) is 21.7. The van der Waals surface area contributed by atoms with Crippen LogP contribution in [0.3, 0.4) is 0 Å². The molecule has 0 radical (unpaired) electrons. The number of rotatable bonds is 5. The molecule has 62 heavy (non-hydrogen) atoms. The zero-order valence-corrected chi connectivity index (χ0v) is 35.4. The van der Waals surface area contributed by atoms with Gasteiger partial charge in [0, 0.05) is 49.6 Å². The molecule has 1 aliphatic carbocycles. The highest BCUT2D eigenvalue weighted by Gasteiger charge is 2.38. The fraction of sp³-hybridized carbons (Fsp3) is 0.140. The van der Waals surface area contributed by atoms with Gasteiger partial charge in [-0.15, -0.1) is 0 Å². The molecular formula is C57H45N5. The molecule has 1 aliphatic rings. The maximum Gasteiger partial charge on any atom is 0.164 e. The Bertz CT molecular complexity index is 3520. The van der Waals surface area contributed by atoms with E-state index in [0.717, 1.165) is 38.8 Å². The lowest BCUT2D eigenvalue weighted by Crippen LogP contribution is -2.33. The summed E-state index contributed by atoms with van der Waals surface area (Å²) < 4.78 is 4.80. The van der Waals surface area contributed by atoms with Gasteiger partial charge in [0.1, 0.15) is 0 Å². The Hall–Kier alpha value is -7.37. The maximum absolute atomic E-state index is 5.18. The van der Waals surface area contributed by atoms with E-state index in [4.69, 9.17) is 15.0 Å². The van der Waals surface area contributed by atoms with Crippen molar-refractivity contribution >= 4 is 54.4 Å². The second-order valence-corrected chi connectivity index (χ2v) is 18.4. The van der Waals surface area contributed by atoms with Crippen LogP contribution in [0.25, 0.3) is 99.9 Å². The van der Waals surface area contributed by atoms with Crippen LogP contribution in [0.5, 0.6) is 0 Å². The van der Waals surface area contributed by atoms with Gasteiger partial charge in [-0.05, 0) is 118 Å². The van der Waals surface area contributed by atoms with E-state index in [0.29, 0.717) is 17.5 Å². The number of para-hydroxylation sites is 3. The second-order valence-electron chi connectivity index (χ2n) is 18.4. The van der Waals surface area contributed by atoms with Crippen LogP contribution in [-0.4, -0.2) is 24.1 Å². The topological polar surface area (TPSA) is 48.5 Å². The van der Waals surface area contributed by atoms with Crippen LogP contribution < -0.4 is 0 Å². The Balaban J connectivity index is 0.986. The minimum absolute atomic E-state index is 0.106. The summed E-state index contributed by atoms with van der Waals surface area (Å²) in [7, 11) is 0. The molecule has 3 heterocycles. The summed E-state index contributed by atoms with van der Waals surface area (Å²) >= 11 is 0. The first-order valence-corrected chi connectivity index (χ1v) is 21.7. The molecule has 3 aromatic heterocycles. The Labute approximate surface area is 361 Å². The zero-order chi connectivity index (χ0) is 41.7. The summed E-state index contributed by atoms with van der Waals surface area (Å²) in [6.07, 6.45) is 2.37. The van der Waals surface area contributed by atoms with Crippen molar-refractivity contribution in [1.29, 1.82) is 0 Å². The molecule has 5 nitrogen and oxygen atoms in total. The van der Waals surface area contributed by atoms with Crippen molar-refractivity contribution in [1.82, 2.24) is 24.1 Å². The number of fused-ring (bicyclic) bond motifs is 8. The minimum Gasteiger partial charge on any atom is -0.309 e. The highest BCUT2D eigenvalue weighted by atomic mass is 15.0. The quantitative estimate of drug-likeness (QED) is 0.174. The molecule has 0 unspecified atom stereocenters. The predicted octanol–water partition coefficient (Wildman–Crippen LogP) is 14.6. The van der Waals surface area contributed by atoms with E-state index in [9.17, 15) is 0 Å². The number of aromatic nitrogens is 5. The van der Waals surface area contributed by atoms with Crippen LogP contribution in [0.2, 0.25) is 0 Å². The van der Waals surface area contributed by atoms with E-state index in [1.807, 2.05) is 18.2 Å². The standard InChI is InChI=1S/C57H45N5/c1-56(2)30-31-57(3,4)48-35-52-46(34-47(48)56)45-18-10-13-21-51(45)62(52)42-29-24-36-22-23-39(32-40(36)33-42)55-59-53(37-14-6-5-7-15-37)58-54(60-55)38-25-27-41(28-26-38)61-49-19-11-8-16-43(49)44-17-9-12-20-50(44)61/h5-29,32-35H,30-31H2,1-4H3. The molecule has 0 spiro atoms. The van der Waals surface area contributed by atoms with Crippen molar-refractivity contribution in [2.24, 2.45) is 0 Å². The predicted molar refractivity (Wildman–Crippen MR) is 258 cm³/mol. The third-order valence-corrected chi connectivity index (χ3v) is 13.6. The van der Waals surface area contributed by atoms with E-state index >= 15 is 0 Å². The van der Waals surface area contributed by atoms with E-state index in [-0.39, 0.29) is 10.8 Å². The molecule has 0 amide bonds. The molecule has 11 aromatic rings. The average Bonchev–Trinajstić information content (AvgIpc) is 3.83. The van der Waals surface area contributed by atoms with Gasteiger partial charge in [-0.1, -0.05) is 131 Å². The number of nitrogens with zero attached hydrogens (tertiary/aromatic N) is 5. The first kappa shape index (κ1) is 36.5. The molecule has 5 heteroatoms. The zero-order valence-electron chi connectivity index (χ0n) is 35.4. The molecule has 8 aromatic carbocycles. The van der Waals surface area contributed by atoms with E-state index in [1.165, 1.54) is 67.6 Å². The van der Waals surface area contributed by atoms with E-state index in [1.54, 1.807) is 0 Å². The van der Waals surface area contributed by atoms with Crippen LogP contribution in [0.4, 0.5) is 0 Å². The van der Waals surface area contributed by atoms with Gasteiger partial charge < -0.3 is 9.13 Å². The van der Waals surface area contributed by atoms with E-state index < -0.39 is 0 Å². The van der Waals surface area contributed by atoms with Crippen LogP contribution in [0, 0.1) is 0 Å². The minimum atomic E-state index is 0.106. The Morgan fingerprint density at radius 1 is 0.355 bits per heavy atom. The number of hydrogen-bond acceptors (Lipinski definition) is 3. The summed E-state index contributed by atoms with van der Waals surface area (Å²) in [6.45, 7) is 9.65. The molecular weight excluding hydrogens is 755 g/mol. The smallest absolute Gasteiger partial charge is 0.164 e. The van der Waals surface area contributed by atoms with Crippen molar-refractivity contribution in [3.05, 3.63) is 187 Å². The van der Waals surface area contributed by atoms with Gasteiger partial charge in [-0.25, -0.2) is 15.0 Å². The summed E-state index contributed by atoms with van der Waals surface area (Å²) in [4.78, 5) is 15.4. The largest absolute Gasteiger partial charge is 0.309 e. The van der Waals surface area contributed by atoms with Gasteiger partial charge in [0.05, 0.1) is 22.1 Å². The van der Waals surface area contributed by atoms with Crippen LogP contribution in [0.1, 0.15) is 51.7 Å². The van der Waals surface area contributed by atoms with Crippen LogP contribution in [-0.2, 0) is 10.8 Å². The maximum atomic E-state index is 5.18. The van der Waals surface area contributed by atoms with Crippen molar-refractivity contribution in [2.75, 3.05) is 0 Å². The third-order valence-electron chi connectivity index (χ3n) is 13.6. The molecule has 0 fully saturated rings. The molecule has 0 saturated carbocycles. The lowest BCUT2D eigenvalue weighted by atomic mass is 9.63. The number of benzene rings is 8. The Morgan fingerprint density at radius 3 is 1.42 bits per heavy atom. The third kappa shape index (κ3) is 5.72. The summed E-state index contributed by atoms with van der Waals surface area (Å²) in [5.41, 5.74) is 13.1. The van der Waals surface area contributed by atoms with Crippen molar-refractivity contribution in [3.8, 4) is 45.5 Å². The van der Waals surface area contributed by atoms with Crippen LogP contribution in [0.15, 0.2) is 176 Å². The highest BCUT2D eigenvalue weighted by molar-refractivity contribution is 6.11. The molecule has 0 N–H and O–H groups in total. The Kier molecular flexibility index (Phi) is 7.98. The molecule has 0 bridgehead atoms. The van der Waals surface area contributed by atoms with Gasteiger partial charge in [0.2, 0.25) is 0 Å². The molecule has 12 rings (SSSR count). The van der Waals surface area contributed by atoms with Gasteiger partial charge in [0.15, 0.2) is 17.5 Å². The monoisotopic (exact) mass is 799 g/mol. The molecule has 0 saturated heterocycles. The van der Waals surface area contributed by atoms with Gasteiger partial charge in [0.25, 0.3) is 0 Å². The SMILES string of the molecule is CC1(C)CCC(C)(C)c2cc3c(cc21)c1ccccc1n3-c1ccc2ccc(-c3nc(-c4ccccc4)nc(-c4ccc(-n5c6ccccc6c6ccccc65)cc4)n3)cc2c1. The normalized spacial score (nSPS) is 14.6. The summed E-state index contributed by atoms with van der Waals surface area (Å²) in [5.74, 6) is 1.92. The van der Waals surface area contributed by atoms with Crippen molar-refractivity contribution in [3.63, 3.8) is 0 Å². The summed E-state index contributed by atoms with van der Waals surface area (Å²) in [5, 5.41) is 7.37. The lowest BCUT2D eigenvalue weighted by Gasteiger charge is -2.42. The second kappa shape index (κ2) is 13.6. The lowest BCUT2D eigenvalue weighted by molar-refractivity contribution is 0.332. The number of hydrogen-bond donors (Lipinski definition) is 0. The van der Waals surface area contributed by atoms with Crippen molar-refractivity contribution < 1.29 is 0 Å². The molecule has 0 atom stereocenters. The molecule has 0 aliphatic heterocycles. The van der Waals surface area contributed by atoms with Gasteiger partial charge >= 0.3 is 0 Å². The summed E-state index contributed by atoms with van der Waals surface area (Å²) in [6, 6.07) is 63.3. The van der Waals surface area contributed by atoms with Crippen molar-refractivity contribution in [2.45, 2.75) is 51.4 Å². The van der Waals surface area contributed by atoms with Crippen LogP contribution >= 0.6 is 0 Å². The van der Waals surface area contributed by atoms with Gasteiger partial charge in [-0.2, -0.15) is 0 Å². The fourth-order valence-corrected chi connectivity index (χ4v) is 10.1. The van der Waals surface area contributed by atoms with E-state index in [2.05, 4.69) is 195 Å². The highest BCUT2D eigenvalue weighted by Crippen LogP contribution is 2.48.